The summed E-state index contributed by atoms with van der Waals surface area (Å²) in [7, 11) is 1.87. The molecule has 0 unspecified atom stereocenters. The lowest BCUT2D eigenvalue weighted by Crippen LogP contribution is -1.98. The summed E-state index contributed by atoms with van der Waals surface area (Å²) in [6, 6.07) is 8.44. The van der Waals surface area contributed by atoms with Gasteiger partial charge in [0.2, 0.25) is 5.95 Å². The van der Waals surface area contributed by atoms with Crippen molar-refractivity contribution < 1.29 is 0 Å². The van der Waals surface area contributed by atoms with Crippen molar-refractivity contribution in [2.75, 3.05) is 5.73 Å². The number of thioether (sulfide) groups is 1. The molecule has 16 heavy (non-hydrogen) atoms. The van der Waals surface area contributed by atoms with Crippen molar-refractivity contribution in [3.05, 3.63) is 33.4 Å². The van der Waals surface area contributed by atoms with Gasteiger partial charge in [-0.2, -0.15) is 0 Å². The molecule has 2 N–H and O–H groups in total. The third-order valence-electron chi connectivity index (χ3n) is 2.15. The van der Waals surface area contributed by atoms with E-state index in [1.165, 1.54) is 9.13 Å². The van der Waals surface area contributed by atoms with Gasteiger partial charge >= 0.3 is 0 Å². The molecule has 1 aromatic carbocycles. The van der Waals surface area contributed by atoms with Crippen LogP contribution in [0.3, 0.4) is 0 Å². The first kappa shape index (κ1) is 11.7. The smallest absolute Gasteiger partial charge is 0.222 e. The summed E-state index contributed by atoms with van der Waals surface area (Å²) in [5, 5.41) is 8.65. The fraction of sp³-hybridized carbons (Fsp3) is 0.200. The number of benzene rings is 1. The van der Waals surface area contributed by atoms with Gasteiger partial charge in [0.05, 0.1) is 0 Å². The monoisotopic (exact) mass is 346 g/mol. The second-order valence-corrected chi connectivity index (χ2v) is 5.50. The van der Waals surface area contributed by atoms with Crippen molar-refractivity contribution in [2.45, 2.75) is 10.9 Å². The van der Waals surface area contributed by atoms with Crippen LogP contribution in [-0.4, -0.2) is 14.8 Å². The number of nitrogens with two attached hydrogens (primary N) is 1. The van der Waals surface area contributed by atoms with Crippen molar-refractivity contribution in [1.82, 2.24) is 14.8 Å². The Balaban J connectivity index is 2.02. The lowest BCUT2D eigenvalue weighted by Gasteiger charge is -2.01. The predicted molar refractivity (Wildman–Crippen MR) is 74.1 cm³/mol. The van der Waals surface area contributed by atoms with Crippen LogP contribution < -0.4 is 5.73 Å². The maximum absolute atomic E-state index is 5.60. The number of nitrogens with zero attached hydrogens (tertiary/aromatic N) is 3. The second-order valence-electron chi connectivity index (χ2n) is 3.31. The van der Waals surface area contributed by atoms with Crippen LogP contribution in [0.4, 0.5) is 5.95 Å². The van der Waals surface area contributed by atoms with Crippen molar-refractivity contribution in [3.8, 4) is 0 Å². The Morgan fingerprint density at radius 2 is 2.00 bits per heavy atom. The summed E-state index contributed by atoms with van der Waals surface area (Å²) < 4.78 is 3.03. The molecule has 1 heterocycles. The highest BCUT2D eigenvalue weighted by Crippen LogP contribution is 2.21. The van der Waals surface area contributed by atoms with Gasteiger partial charge in [0, 0.05) is 16.4 Å². The highest BCUT2D eigenvalue weighted by Gasteiger charge is 2.05. The number of anilines is 1. The maximum atomic E-state index is 5.60. The average molecular weight is 346 g/mol. The van der Waals surface area contributed by atoms with Crippen LogP contribution in [0.1, 0.15) is 5.56 Å². The van der Waals surface area contributed by atoms with E-state index in [0.29, 0.717) is 5.95 Å². The first-order chi connectivity index (χ1) is 7.66. The number of hydrogen-bond donors (Lipinski definition) is 1. The number of rotatable bonds is 3. The number of hydrogen-bond acceptors (Lipinski definition) is 4. The summed E-state index contributed by atoms with van der Waals surface area (Å²) in [6.07, 6.45) is 0. The van der Waals surface area contributed by atoms with E-state index in [0.717, 1.165) is 10.9 Å². The lowest BCUT2D eigenvalue weighted by molar-refractivity contribution is 0.796. The molecule has 0 aliphatic rings. The molecule has 6 heteroatoms. The van der Waals surface area contributed by atoms with E-state index in [-0.39, 0.29) is 0 Å². The van der Waals surface area contributed by atoms with E-state index in [4.69, 9.17) is 5.73 Å². The van der Waals surface area contributed by atoms with Crippen LogP contribution in [0.15, 0.2) is 29.4 Å². The molecule has 0 saturated heterocycles. The van der Waals surface area contributed by atoms with Crippen molar-refractivity contribution >= 4 is 40.3 Å². The Morgan fingerprint density at radius 3 is 2.56 bits per heavy atom. The molecule has 0 aliphatic heterocycles. The van der Waals surface area contributed by atoms with Gasteiger partial charge in [-0.05, 0) is 40.3 Å². The van der Waals surface area contributed by atoms with E-state index >= 15 is 0 Å². The van der Waals surface area contributed by atoms with E-state index < -0.39 is 0 Å². The first-order valence-electron chi connectivity index (χ1n) is 4.69. The van der Waals surface area contributed by atoms with Crippen LogP contribution in [0.2, 0.25) is 0 Å². The summed E-state index contributed by atoms with van der Waals surface area (Å²) in [5.41, 5.74) is 6.87. The molecule has 2 rings (SSSR count). The van der Waals surface area contributed by atoms with Gasteiger partial charge in [-0.15, -0.1) is 10.2 Å². The third kappa shape index (κ3) is 2.67. The van der Waals surface area contributed by atoms with Crippen molar-refractivity contribution in [3.63, 3.8) is 0 Å². The molecule has 0 spiro atoms. The summed E-state index contributed by atoms with van der Waals surface area (Å²) in [6.45, 7) is 0. The fourth-order valence-corrected chi connectivity index (χ4v) is 2.41. The van der Waals surface area contributed by atoms with E-state index in [1.807, 2.05) is 7.05 Å². The molecule has 2 aromatic rings. The normalized spacial score (nSPS) is 10.6. The molecule has 0 aliphatic carbocycles. The van der Waals surface area contributed by atoms with Gasteiger partial charge in [-0.1, -0.05) is 23.9 Å². The summed E-state index contributed by atoms with van der Waals surface area (Å²) in [4.78, 5) is 0. The van der Waals surface area contributed by atoms with Gasteiger partial charge in [-0.3, -0.25) is 4.57 Å². The van der Waals surface area contributed by atoms with Crippen molar-refractivity contribution in [2.24, 2.45) is 7.05 Å². The zero-order chi connectivity index (χ0) is 11.5. The van der Waals surface area contributed by atoms with Crippen LogP contribution in [0, 0.1) is 3.57 Å². The molecule has 0 amide bonds. The topological polar surface area (TPSA) is 56.7 Å². The molecule has 4 nitrogen and oxygen atoms in total. The molecular formula is C10H11IN4S. The van der Waals surface area contributed by atoms with Gasteiger partial charge in [0.25, 0.3) is 0 Å². The van der Waals surface area contributed by atoms with Gasteiger partial charge < -0.3 is 5.73 Å². The SMILES string of the molecule is Cn1c(N)nnc1SCc1ccc(I)cc1. The Kier molecular flexibility index (Phi) is 3.70. The number of aromatic nitrogens is 3. The second kappa shape index (κ2) is 5.05. The van der Waals surface area contributed by atoms with E-state index in [1.54, 1.807) is 16.3 Å². The summed E-state index contributed by atoms with van der Waals surface area (Å²) in [5.74, 6) is 1.33. The minimum Gasteiger partial charge on any atom is -0.368 e. The Labute approximate surface area is 112 Å². The minimum atomic E-state index is 0.449. The van der Waals surface area contributed by atoms with Crippen LogP contribution >= 0.6 is 34.4 Å². The van der Waals surface area contributed by atoms with Gasteiger partial charge in [-0.25, -0.2) is 0 Å². The maximum Gasteiger partial charge on any atom is 0.222 e. The molecule has 0 atom stereocenters. The highest BCUT2D eigenvalue weighted by molar-refractivity contribution is 14.1. The van der Waals surface area contributed by atoms with Gasteiger partial charge in [0.15, 0.2) is 5.16 Å². The molecule has 0 saturated carbocycles. The fourth-order valence-electron chi connectivity index (χ4n) is 1.18. The van der Waals surface area contributed by atoms with E-state index in [2.05, 4.69) is 57.1 Å². The Morgan fingerprint density at radius 1 is 1.31 bits per heavy atom. The van der Waals surface area contributed by atoms with Crippen LogP contribution in [0.25, 0.3) is 0 Å². The third-order valence-corrected chi connectivity index (χ3v) is 3.96. The highest BCUT2D eigenvalue weighted by atomic mass is 127. The minimum absolute atomic E-state index is 0.449. The van der Waals surface area contributed by atoms with Crippen LogP contribution in [-0.2, 0) is 12.8 Å². The molecule has 0 fully saturated rings. The van der Waals surface area contributed by atoms with Crippen LogP contribution in [0.5, 0.6) is 0 Å². The quantitative estimate of drug-likeness (QED) is 0.685. The zero-order valence-electron chi connectivity index (χ0n) is 8.72. The molecule has 0 bridgehead atoms. The standard InChI is InChI=1S/C10H11IN4S/c1-15-9(12)13-14-10(15)16-6-7-2-4-8(11)5-3-7/h2-5H,6H2,1H3,(H2,12,13). The first-order valence-corrected chi connectivity index (χ1v) is 6.75. The molecule has 0 radical (unpaired) electrons. The van der Waals surface area contributed by atoms with Gasteiger partial charge in [0.1, 0.15) is 0 Å². The largest absolute Gasteiger partial charge is 0.368 e. The molecular weight excluding hydrogens is 335 g/mol. The lowest BCUT2D eigenvalue weighted by atomic mass is 10.2. The predicted octanol–water partition coefficient (Wildman–Crippen LogP) is 2.29. The molecule has 1 aromatic heterocycles. The number of halogens is 1. The average Bonchev–Trinajstić information content (AvgIpc) is 2.60. The number of nitrogen functional groups attached to an aromatic ring is 1. The van der Waals surface area contributed by atoms with E-state index in [9.17, 15) is 0 Å². The zero-order valence-corrected chi connectivity index (χ0v) is 11.7. The summed E-state index contributed by atoms with van der Waals surface area (Å²) >= 11 is 3.93. The Hall–Kier alpha value is -0.760. The van der Waals surface area contributed by atoms with Crippen molar-refractivity contribution in [1.29, 1.82) is 0 Å². The Bertz CT molecular complexity index is 480. The molecule has 84 valence electrons.